The van der Waals surface area contributed by atoms with Gasteiger partial charge in [-0.1, -0.05) is 12.1 Å². The number of carboxylic acid groups (broad SMARTS) is 1. The first kappa shape index (κ1) is 19.4. The third-order valence-corrected chi connectivity index (χ3v) is 4.95. The van der Waals surface area contributed by atoms with Gasteiger partial charge in [-0.3, -0.25) is 9.69 Å². The van der Waals surface area contributed by atoms with Crippen molar-refractivity contribution >= 4 is 11.9 Å². The zero-order valence-electron chi connectivity index (χ0n) is 15.3. The van der Waals surface area contributed by atoms with Gasteiger partial charge >= 0.3 is 5.97 Å². The summed E-state index contributed by atoms with van der Waals surface area (Å²) in [4.78, 5) is 26.8. The lowest BCUT2D eigenvalue weighted by Gasteiger charge is -2.42. The summed E-state index contributed by atoms with van der Waals surface area (Å²) in [7, 11) is 5.27. The molecule has 6 heteroatoms. The molecule has 0 saturated carbocycles. The van der Waals surface area contributed by atoms with Gasteiger partial charge in [-0.25, -0.2) is 4.79 Å². The molecule has 1 aromatic carbocycles. The van der Waals surface area contributed by atoms with Gasteiger partial charge in [0.2, 0.25) is 5.91 Å². The fourth-order valence-electron chi connectivity index (χ4n) is 3.37. The predicted octanol–water partition coefficient (Wildman–Crippen LogP) is 2.23. The largest absolute Gasteiger partial charge is 0.478 e. The number of carbonyl (C=O) groups is 2. The molecule has 0 unspecified atom stereocenters. The number of likely N-dealkylation sites (tertiary alicyclic amines) is 1. The Hall–Kier alpha value is -1.92. The van der Waals surface area contributed by atoms with Crippen molar-refractivity contribution in [3.8, 4) is 0 Å². The smallest absolute Gasteiger partial charge is 0.335 e. The van der Waals surface area contributed by atoms with Gasteiger partial charge in [0, 0.05) is 40.7 Å². The van der Waals surface area contributed by atoms with E-state index in [1.54, 1.807) is 38.2 Å². The Balaban J connectivity index is 1.98. The van der Waals surface area contributed by atoms with Gasteiger partial charge in [-0.15, -0.1) is 0 Å². The number of aromatic carboxylic acids is 1. The molecule has 1 aliphatic rings. The normalized spacial score (nSPS) is 21.1. The van der Waals surface area contributed by atoms with Crippen molar-refractivity contribution in [2.24, 2.45) is 0 Å². The number of hydrogen-bond donors (Lipinski definition) is 1. The Morgan fingerprint density at radius 1 is 1.28 bits per heavy atom. The maximum Gasteiger partial charge on any atom is 0.335 e. The van der Waals surface area contributed by atoms with Crippen LogP contribution in [0.3, 0.4) is 0 Å². The lowest BCUT2D eigenvalue weighted by Crippen LogP contribution is -2.49. The first-order chi connectivity index (χ1) is 11.8. The summed E-state index contributed by atoms with van der Waals surface area (Å²) in [6, 6.07) is 7.01. The van der Waals surface area contributed by atoms with E-state index in [0.29, 0.717) is 12.0 Å². The zero-order chi connectivity index (χ0) is 18.4. The Kier molecular flexibility index (Phi) is 6.56. The summed E-state index contributed by atoms with van der Waals surface area (Å²) in [5.41, 5.74) is 1.10. The molecule has 0 bridgehead atoms. The third kappa shape index (κ3) is 5.28. The van der Waals surface area contributed by atoms with E-state index in [9.17, 15) is 9.59 Å². The molecule has 25 heavy (non-hydrogen) atoms. The molecule has 1 heterocycles. The summed E-state index contributed by atoms with van der Waals surface area (Å²) in [6.07, 6.45) is 3.19. The van der Waals surface area contributed by atoms with E-state index in [-0.39, 0.29) is 11.5 Å². The molecule has 138 valence electrons. The van der Waals surface area contributed by atoms with Gasteiger partial charge in [0.1, 0.15) is 0 Å². The minimum Gasteiger partial charge on any atom is -0.478 e. The number of benzene rings is 1. The number of rotatable bonds is 7. The van der Waals surface area contributed by atoms with E-state index in [1.807, 2.05) is 12.1 Å². The second-order valence-electron chi connectivity index (χ2n) is 6.99. The molecule has 1 saturated heterocycles. The Morgan fingerprint density at radius 3 is 2.52 bits per heavy atom. The SMILES string of the molecule is CO[C@@]1(CCC(=O)N(C)C)CCCN(Cc2ccc(C(=O)O)cc2)C1. The van der Waals surface area contributed by atoms with Gasteiger partial charge in [0.25, 0.3) is 0 Å². The van der Waals surface area contributed by atoms with E-state index >= 15 is 0 Å². The first-order valence-electron chi connectivity index (χ1n) is 8.65. The molecule has 0 radical (unpaired) electrons. The van der Waals surface area contributed by atoms with Crippen LogP contribution in [-0.2, 0) is 16.1 Å². The lowest BCUT2D eigenvalue weighted by molar-refractivity contribution is -0.132. The molecule has 0 aromatic heterocycles. The molecule has 1 fully saturated rings. The highest BCUT2D eigenvalue weighted by Gasteiger charge is 2.35. The van der Waals surface area contributed by atoms with Gasteiger partial charge < -0.3 is 14.7 Å². The number of carboxylic acids is 1. The fourth-order valence-corrected chi connectivity index (χ4v) is 3.37. The van der Waals surface area contributed by atoms with Crippen LogP contribution in [0.2, 0.25) is 0 Å². The molecule has 1 amide bonds. The van der Waals surface area contributed by atoms with Gasteiger partial charge in [0.05, 0.1) is 11.2 Å². The van der Waals surface area contributed by atoms with Crippen molar-refractivity contribution in [3.05, 3.63) is 35.4 Å². The quantitative estimate of drug-likeness (QED) is 0.818. The van der Waals surface area contributed by atoms with E-state index in [0.717, 1.165) is 44.5 Å². The molecule has 1 atom stereocenters. The third-order valence-electron chi connectivity index (χ3n) is 4.95. The monoisotopic (exact) mass is 348 g/mol. The van der Waals surface area contributed by atoms with Crippen molar-refractivity contribution in [2.75, 3.05) is 34.3 Å². The highest BCUT2D eigenvalue weighted by molar-refractivity contribution is 5.87. The van der Waals surface area contributed by atoms with Crippen LogP contribution in [-0.4, -0.2) is 66.7 Å². The fraction of sp³-hybridized carbons (Fsp3) is 0.579. The molecule has 1 aromatic rings. The highest BCUT2D eigenvalue weighted by Crippen LogP contribution is 2.30. The van der Waals surface area contributed by atoms with Crippen LogP contribution in [0.1, 0.15) is 41.6 Å². The van der Waals surface area contributed by atoms with E-state index in [2.05, 4.69) is 4.90 Å². The summed E-state index contributed by atoms with van der Waals surface area (Å²) in [5, 5.41) is 8.98. The molecule has 1 N–H and O–H groups in total. The number of ether oxygens (including phenoxy) is 1. The Labute approximate surface area is 149 Å². The summed E-state index contributed by atoms with van der Waals surface area (Å²) >= 11 is 0. The first-order valence-corrected chi connectivity index (χ1v) is 8.65. The number of amides is 1. The second kappa shape index (κ2) is 8.45. The van der Waals surface area contributed by atoms with E-state index < -0.39 is 5.97 Å². The number of piperidine rings is 1. The van der Waals surface area contributed by atoms with E-state index in [4.69, 9.17) is 9.84 Å². The molecular formula is C19H28N2O4. The number of hydrogen-bond acceptors (Lipinski definition) is 4. The van der Waals surface area contributed by atoms with Crippen molar-refractivity contribution in [2.45, 2.75) is 37.8 Å². The minimum absolute atomic E-state index is 0.123. The van der Waals surface area contributed by atoms with Crippen molar-refractivity contribution in [3.63, 3.8) is 0 Å². The predicted molar refractivity (Wildman–Crippen MR) is 95.6 cm³/mol. The van der Waals surface area contributed by atoms with Crippen molar-refractivity contribution in [1.82, 2.24) is 9.80 Å². The van der Waals surface area contributed by atoms with Crippen molar-refractivity contribution in [1.29, 1.82) is 0 Å². The van der Waals surface area contributed by atoms with Crippen LogP contribution in [0, 0.1) is 0 Å². The van der Waals surface area contributed by atoms with E-state index in [1.165, 1.54) is 0 Å². The summed E-state index contributed by atoms with van der Waals surface area (Å²) in [6.45, 7) is 2.52. The minimum atomic E-state index is -0.909. The van der Waals surface area contributed by atoms with Crippen LogP contribution >= 0.6 is 0 Å². The topological polar surface area (TPSA) is 70.1 Å². The van der Waals surface area contributed by atoms with Gasteiger partial charge in [-0.05, 0) is 43.5 Å². The summed E-state index contributed by atoms with van der Waals surface area (Å²) < 4.78 is 5.84. The summed E-state index contributed by atoms with van der Waals surface area (Å²) in [5.74, 6) is -0.786. The standard InChI is InChI=1S/C19H28N2O4/c1-20(2)17(22)9-11-19(25-3)10-4-12-21(14-19)13-15-5-7-16(8-6-15)18(23)24/h5-8H,4,9-14H2,1-3H3,(H,23,24)/t19-/m1/s1. The van der Waals surface area contributed by atoms with Crippen molar-refractivity contribution < 1.29 is 19.4 Å². The average molecular weight is 348 g/mol. The van der Waals surface area contributed by atoms with Gasteiger partial charge in [0.15, 0.2) is 0 Å². The maximum atomic E-state index is 11.9. The maximum absolute atomic E-state index is 11.9. The number of methoxy groups -OCH3 is 1. The van der Waals surface area contributed by atoms with Crippen LogP contribution in [0.4, 0.5) is 0 Å². The molecule has 0 spiro atoms. The molecule has 1 aliphatic heterocycles. The van der Waals surface area contributed by atoms with Crippen LogP contribution in [0.5, 0.6) is 0 Å². The molecule has 2 rings (SSSR count). The molecule has 0 aliphatic carbocycles. The number of nitrogens with zero attached hydrogens (tertiary/aromatic N) is 2. The molecular weight excluding hydrogens is 320 g/mol. The Morgan fingerprint density at radius 2 is 1.96 bits per heavy atom. The zero-order valence-corrected chi connectivity index (χ0v) is 15.3. The second-order valence-corrected chi connectivity index (χ2v) is 6.99. The average Bonchev–Trinajstić information content (AvgIpc) is 2.60. The molecule has 6 nitrogen and oxygen atoms in total. The van der Waals surface area contributed by atoms with Crippen LogP contribution in [0.25, 0.3) is 0 Å². The van der Waals surface area contributed by atoms with Gasteiger partial charge in [-0.2, -0.15) is 0 Å². The Bertz CT molecular complexity index is 600. The van der Waals surface area contributed by atoms with Crippen LogP contribution in [0.15, 0.2) is 24.3 Å². The lowest BCUT2D eigenvalue weighted by atomic mass is 9.87. The number of carbonyl (C=O) groups excluding carboxylic acids is 1. The highest BCUT2D eigenvalue weighted by atomic mass is 16.5. The van der Waals surface area contributed by atoms with Crippen LogP contribution < -0.4 is 0 Å².